The minimum Gasteiger partial charge on any atom is -0.503 e. The molecule has 0 unspecified atom stereocenters. The first-order valence-electron chi connectivity index (χ1n) is 15.8. The maximum atomic E-state index is 6.56. The summed E-state index contributed by atoms with van der Waals surface area (Å²) in [5.41, 5.74) is 11.2. The summed E-state index contributed by atoms with van der Waals surface area (Å²) in [7, 11) is 0. The standard InChI is InChI=1S/C41H27N5O.Pt/c1-24-9-4-5-10-27(24)34-23-45-35-14-8-19-42-37(35)28-17-15-25(21-31(28)40(45)44-34)47-26-16-18-32-36(22-26)46-38-29(30-12-7-20-43-39(30)46)11-6-13-33(38)41(32,2)3;/h4-20,23H,1-3H3;/q-2;+2. The largest absolute Gasteiger partial charge is 2.00 e. The van der Waals surface area contributed by atoms with E-state index in [2.05, 4.69) is 115 Å². The van der Waals surface area contributed by atoms with Crippen LogP contribution in [-0.4, -0.2) is 23.9 Å². The SMILES string of the molecule is Cc1ccccc1-c1cn2c3cccnc3c3ccc(Oc4[c-]c5c(cc4)C(C)(C)c4cccc6c7cccnc7n-5c46)[c-]c3c2n1.[Pt+2]. The number of hydrogen-bond donors (Lipinski definition) is 0. The minimum absolute atomic E-state index is 0. The molecule has 9 aromatic rings. The number of aryl methyl sites for hydroxylation is 1. The second-order valence-corrected chi connectivity index (χ2v) is 12.8. The number of fused-ring (bicyclic) bond motifs is 11. The van der Waals surface area contributed by atoms with Crippen LogP contribution in [-0.2, 0) is 26.5 Å². The predicted molar refractivity (Wildman–Crippen MR) is 187 cm³/mol. The van der Waals surface area contributed by atoms with Crippen molar-refractivity contribution < 1.29 is 25.8 Å². The Hall–Kier alpha value is -5.32. The summed E-state index contributed by atoms with van der Waals surface area (Å²) in [5, 5.41) is 4.15. The second-order valence-electron chi connectivity index (χ2n) is 12.8. The topological polar surface area (TPSA) is 57.2 Å². The molecule has 0 radical (unpaired) electrons. The van der Waals surface area contributed by atoms with Gasteiger partial charge in [-0.1, -0.05) is 84.9 Å². The zero-order chi connectivity index (χ0) is 31.4. The van der Waals surface area contributed by atoms with E-state index < -0.39 is 0 Å². The van der Waals surface area contributed by atoms with E-state index >= 15 is 0 Å². The molecule has 0 saturated heterocycles. The zero-order valence-electron chi connectivity index (χ0n) is 26.4. The summed E-state index contributed by atoms with van der Waals surface area (Å²) in [6.07, 6.45) is 5.78. The van der Waals surface area contributed by atoms with Crippen LogP contribution >= 0.6 is 0 Å². The van der Waals surface area contributed by atoms with E-state index in [4.69, 9.17) is 19.7 Å². The zero-order valence-corrected chi connectivity index (χ0v) is 28.6. The smallest absolute Gasteiger partial charge is 0.503 e. The number of pyridine rings is 3. The van der Waals surface area contributed by atoms with Crippen molar-refractivity contribution in [3.8, 4) is 28.4 Å². The van der Waals surface area contributed by atoms with Crippen molar-refractivity contribution in [3.05, 3.63) is 138 Å². The van der Waals surface area contributed by atoms with Crippen molar-refractivity contribution in [2.24, 2.45) is 0 Å². The number of aromatic nitrogens is 5. The molecule has 10 rings (SSSR count). The van der Waals surface area contributed by atoms with Gasteiger partial charge in [0, 0.05) is 46.4 Å². The molecule has 6 heterocycles. The van der Waals surface area contributed by atoms with Gasteiger partial charge in [0.2, 0.25) is 0 Å². The Morgan fingerprint density at radius 2 is 1.50 bits per heavy atom. The molecule has 0 bridgehead atoms. The van der Waals surface area contributed by atoms with Gasteiger partial charge in [-0.25, -0.2) is 4.98 Å². The van der Waals surface area contributed by atoms with E-state index in [-0.39, 0.29) is 26.5 Å². The number of imidazole rings is 1. The number of nitrogens with zero attached hydrogens (tertiary/aromatic N) is 5. The first-order chi connectivity index (χ1) is 23.0. The Bertz CT molecular complexity index is 2780. The molecule has 0 fully saturated rings. The summed E-state index contributed by atoms with van der Waals surface area (Å²) < 4.78 is 10.9. The molecule has 6 nitrogen and oxygen atoms in total. The van der Waals surface area contributed by atoms with Gasteiger partial charge >= 0.3 is 21.1 Å². The van der Waals surface area contributed by atoms with Crippen molar-refractivity contribution in [3.63, 3.8) is 0 Å². The summed E-state index contributed by atoms with van der Waals surface area (Å²) in [6.45, 7) is 6.67. The third kappa shape index (κ3) is 3.93. The fourth-order valence-electron chi connectivity index (χ4n) is 7.52. The third-order valence-electron chi connectivity index (χ3n) is 9.81. The Kier molecular flexibility index (Phi) is 6.22. The van der Waals surface area contributed by atoms with Gasteiger partial charge in [-0.15, -0.1) is 23.8 Å². The third-order valence-corrected chi connectivity index (χ3v) is 9.81. The Morgan fingerprint density at radius 1 is 0.708 bits per heavy atom. The molecule has 48 heavy (non-hydrogen) atoms. The van der Waals surface area contributed by atoms with E-state index in [1.807, 2.05) is 36.7 Å². The molecule has 1 aliphatic rings. The molecule has 0 spiro atoms. The maximum Gasteiger partial charge on any atom is 2.00 e. The molecular formula is C41H27N5OPt. The molecule has 0 amide bonds. The molecule has 0 atom stereocenters. The summed E-state index contributed by atoms with van der Waals surface area (Å²) in [5.74, 6) is 1.20. The fraction of sp³-hybridized carbons (Fsp3) is 0.0976. The average Bonchev–Trinajstić information content (AvgIpc) is 3.69. The summed E-state index contributed by atoms with van der Waals surface area (Å²) in [6, 6.07) is 38.5. The van der Waals surface area contributed by atoms with Gasteiger partial charge in [-0.3, -0.25) is 9.97 Å². The van der Waals surface area contributed by atoms with Crippen molar-refractivity contribution in [2.45, 2.75) is 26.2 Å². The molecule has 0 aliphatic carbocycles. The van der Waals surface area contributed by atoms with Gasteiger partial charge < -0.3 is 13.7 Å². The number of benzene rings is 4. The monoisotopic (exact) mass is 800 g/mol. The number of hydrogen-bond acceptors (Lipinski definition) is 4. The predicted octanol–water partition coefficient (Wildman–Crippen LogP) is 9.53. The Morgan fingerprint density at radius 3 is 2.40 bits per heavy atom. The summed E-state index contributed by atoms with van der Waals surface area (Å²) in [4.78, 5) is 14.7. The molecule has 232 valence electrons. The maximum absolute atomic E-state index is 6.56. The van der Waals surface area contributed by atoms with Crippen LogP contribution in [0.1, 0.15) is 30.5 Å². The average molecular weight is 801 g/mol. The van der Waals surface area contributed by atoms with Crippen LogP contribution in [0.15, 0.2) is 110 Å². The van der Waals surface area contributed by atoms with E-state index in [0.29, 0.717) is 11.5 Å². The molecule has 7 heteroatoms. The van der Waals surface area contributed by atoms with Gasteiger partial charge in [0.1, 0.15) is 5.65 Å². The first kappa shape index (κ1) is 28.9. The van der Waals surface area contributed by atoms with Crippen molar-refractivity contribution in [1.29, 1.82) is 0 Å². The number of ether oxygens (including phenoxy) is 1. The number of para-hydroxylation sites is 1. The van der Waals surface area contributed by atoms with E-state index in [1.54, 1.807) is 0 Å². The fourth-order valence-corrected chi connectivity index (χ4v) is 7.52. The first-order valence-corrected chi connectivity index (χ1v) is 15.8. The quantitative estimate of drug-likeness (QED) is 0.132. The molecule has 4 aromatic carbocycles. The van der Waals surface area contributed by atoms with Gasteiger partial charge in [0.15, 0.2) is 0 Å². The molecular weight excluding hydrogens is 774 g/mol. The van der Waals surface area contributed by atoms with Crippen molar-refractivity contribution in [1.82, 2.24) is 23.9 Å². The van der Waals surface area contributed by atoms with Gasteiger partial charge in [0.05, 0.1) is 27.9 Å². The van der Waals surface area contributed by atoms with Gasteiger partial charge in [-0.2, -0.15) is 6.07 Å². The van der Waals surface area contributed by atoms with Crippen LogP contribution in [0.4, 0.5) is 0 Å². The van der Waals surface area contributed by atoms with E-state index in [0.717, 1.165) is 55.4 Å². The van der Waals surface area contributed by atoms with Gasteiger partial charge in [0.25, 0.3) is 0 Å². The van der Waals surface area contributed by atoms with E-state index in [1.165, 1.54) is 27.6 Å². The van der Waals surface area contributed by atoms with Crippen LogP contribution in [0.3, 0.4) is 0 Å². The van der Waals surface area contributed by atoms with Crippen molar-refractivity contribution in [2.75, 3.05) is 0 Å². The van der Waals surface area contributed by atoms with Crippen LogP contribution in [0.5, 0.6) is 11.5 Å². The van der Waals surface area contributed by atoms with Crippen LogP contribution in [0.2, 0.25) is 0 Å². The second kappa shape index (κ2) is 10.3. The van der Waals surface area contributed by atoms with Gasteiger partial charge in [-0.05, 0) is 47.7 Å². The molecule has 0 N–H and O–H groups in total. The van der Waals surface area contributed by atoms with Crippen LogP contribution in [0.25, 0.3) is 66.3 Å². The minimum atomic E-state index is -0.224. The van der Waals surface area contributed by atoms with Crippen LogP contribution < -0.4 is 4.74 Å². The molecule has 5 aromatic heterocycles. The van der Waals surface area contributed by atoms with E-state index in [9.17, 15) is 0 Å². The summed E-state index contributed by atoms with van der Waals surface area (Å²) >= 11 is 0. The Labute approximate surface area is 290 Å². The number of rotatable bonds is 3. The van der Waals surface area contributed by atoms with Crippen molar-refractivity contribution >= 4 is 49.4 Å². The van der Waals surface area contributed by atoms with Crippen LogP contribution in [0, 0.1) is 19.1 Å². The Balaban J connectivity index is 0.00000314. The molecule has 1 aliphatic heterocycles. The molecule has 0 saturated carbocycles. The normalized spacial score (nSPS) is 13.3.